The number of nitrogens with zero attached hydrogens (tertiary/aromatic N) is 1. The molecule has 0 N–H and O–H groups in total. The molecule has 1 rings (SSSR count). The molecule has 0 spiro atoms. The number of hydrogen-bond acceptors (Lipinski definition) is 4. The maximum absolute atomic E-state index is 12.6. The summed E-state index contributed by atoms with van der Waals surface area (Å²) in [5.74, 6) is 0. The smallest absolute Gasteiger partial charge is 0.307 e. The third kappa shape index (κ3) is 8.15. The summed E-state index contributed by atoms with van der Waals surface area (Å²) >= 11 is 0. The molecule has 0 unspecified atom stereocenters. The van der Waals surface area contributed by atoms with Crippen LogP contribution in [0.5, 0.6) is 0 Å². The van der Waals surface area contributed by atoms with Gasteiger partial charge in [-0.2, -0.15) is 0 Å². The van der Waals surface area contributed by atoms with Gasteiger partial charge in [-0.1, -0.05) is 57.0 Å². The first-order chi connectivity index (χ1) is 10.2. The molecule has 0 radical (unpaired) electrons. The average Bonchev–Trinajstić information content (AvgIpc) is 2.49. The lowest BCUT2D eigenvalue weighted by atomic mass is 10.2. The second-order valence-electron chi connectivity index (χ2n) is 4.85. The zero-order valence-electron chi connectivity index (χ0n) is 13.0. The van der Waals surface area contributed by atoms with Crippen molar-refractivity contribution >= 4 is 13.8 Å². The van der Waals surface area contributed by atoms with E-state index >= 15 is 0 Å². The molecule has 0 atom stereocenters. The van der Waals surface area contributed by atoms with Crippen LogP contribution in [0.1, 0.15) is 45.1 Å². The van der Waals surface area contributed by atoms with Gasteiger partial charge in [0.1, 0.15) is 6.29 Å². The van der Waals surface area contributed by atoms with Gasteiger partial charge in [0, 0.05) is 6.21 Å². The Hall–Kier alpha value is -0.960. The fraction of sp³-hybridized carbons (Fsp3) is 0.562. The number of benzene rings is 1. The Morgan fingerprint density at radius 2 is 1.62 bits per heavy atom. The van der Waals surface area contributed by atoms with E-state index in [-0.39, 0.29) is 6.29 Å². The van der Waals surface area contributed by atoms with Gasteiger partial charge in [0.2, 0.25) is 0 Å². The second kappa shape index (κ2) is 10.7. The molecule has 118 valence electrons. The van der Waals surface area contributed by atoms with E-state index in [1.54, 1.807) is 6.21 Å². The van der Waals surface area contributed by atoms with Gasteiger partial charge in [-0.25, -0.2) is 0 Å². The minimum atomic E-state index is -3.11. The van der Waals surface area contributed by atoms with E-state index in [2.05, 4.69) is 18.8 Å². The molecule has 0 aliphatic heterocycles. The lowest BCUT2D eigenvalue weighted by Crippen LogP contribution is -2.02. The molecule has 21 heavy (non-hydrogen) atoms. The van der Waals surface area contributed by atoms with Gasteiger partial charge < -0.3 is 9.05 Å². The first-order valence-corrected chi connectivity index (χ1v) is 9.36. The summed E-state index contributed by atoms with van der Waals surface area (Å²) in [5.41, 5.74) is 0.978. The minimum absolute atomic E-state index is 0.0787. The van der Waals surface area contributed by atoms with Crippen LogP contribution in [0, 0.1) is 0 Å². The van der Waals surface area contributed by atoms with Crippen molar-refractivity contribution in [2.24, 2.45) is 4.99 Å². The highest BCUT2D eigenvalue weighted by Gasteiger charge is 2.23. The van der Waals surface area contributed by atoms with Crippen molar-refractivity contribution in [3.8, 4) is 0 Å². The third-order valence-corrected chi connectivity index (χ3v) is 4.53. The lowest BCUT2D eigenvalue weighted by molar-refractivity contribution is 0.200. The summed E-state index contributed by atoms with van der Waals surface area (Å²) in [6.45, 7) is 5.06. The largest absolute Gasteiger partial charge is 0.351 e. The van der Waals surface area contributed by atoms with E-state index < -0.39 is 7.60 Å². The summed E-state index contributed by atoms with van der Waals surface area (Å²) in [6.07, 6.45) is 5.55. The summed E-state index contributed by atoms with van der Waals surface area (Å²) < 4.78 is 23.5. The van der Waals surface area contributed by atoms with Crippen LogP contribution in [0.2, 0.25) is 0 Å². The third-order valence-electron chi connectivity index (χ3n) is 2.87. The van der Waals surface area contributed by atoms with Gasteiger partial charge in [0.05, 0.1) is 13.2 Å². The van der Waals surface area contributed by atoms with Crippen molar-refractivity contribution < 1.29 is 13.6 Å². The Labute approximate surface area is 128 Å². The summed E-state index contributed by atoms with van der Waals surface area (Å²) in [7, 11) is -3.11. The molecular formula is C16H26NO3P. The normalized spacial score (nSPS) is 12.1. The maximum Gasteiger partial charge on any atom is 0.351 e. The highest BCUT2D eigenvalue weighted by molar-refractivity contribution is 7.53. The van der Waals surface area contributed by atoms with E-state index in [1.165, 1.54) is 0 Å². The zero-order valence-corrected chi connectivity index (χ0v) is 13.9. The van der Waals surface area contributed by atoms with E-state index in [1.807, 2.05) is 30.3 Å². The fourth-order valence-electron chi connectivity index (χ4n) is 1.60. The van der Waals surface area contributed by atoms with Gasteiger partial charge in [-0.3, -0.25) is 9.56 Å². The molecule has 0 saturated heterocycles. The van der Waals surface area contributed by atoms with Crippen molar-refractivity contribution in [1.82, 2.24) is 0 Å². The van der Waals surface area contributed by atoms with Gasteiger partial charge in [0.15, 0.2) is 0 Å². The van der Waals surface area contributed by atoms with Crippen LogP contribution in [0.15, 0.2) is 35.3 Å². The zero-order chi connectivity index (χ0) is 15.4. The number of rotatable bonds is 11. The SMILES string of the molecule is CCCCOP(=O)(C/N=C/c1ccccc1)OCCCC. The molecule has 0 amide bonds. The molecule has 0 aromatic heterocycles. The number of unbranched alkanes of at least 4 members (excludes halogenated alkanes) is 2. The van der Waals surface area contributed by atoms with Gasteiger partial charge >= 0.3 is 7.60 Å². The van der Waals surface area contributed by atoms with Crippen LogP contribution in [0.3, 0.4) is 0 Å². The first kappa shape index (κ1) is 18.1. The van der Waals surface area contributed by atoms with Crippen LogP contribution >= 0.6 is 7.60 Å². The van der Waals surface area contributed by atoms with Gasteiger partial charge in [-0.15, -0.1) is 0 Å². The Kier molecular flexibility index (Phi) is 9.24. The quantitative estimate of drug-likeness (QED) is 0.332. The maximum atomic E-state index is 12.6. The summed E-state index contributed by atoms with van der Waals surface area (Å²) in [4.78, 5) is 4.23. The Morgan fingerprint density at radius 3 is 2.14 bits per heavy atom. The topological polar surface area (TPSA) is 47.9 Å². The molecule has 0 aliphatic rings. The molecule has 0 bridgehead atoms. The molecule has 4 nitrogen and oxygen atoms in total. The predicted molar refractivity (Wildman–Crippen MR) is 88.2 cm³/mol. The molecule has 5 heteroatoms. The Bertz CT molecular complexity index is 434. The van der Waals surface area contributed by atoms with Gasteiger partial charge in [0.25, 0.3) is 0 Å². The van der Waals surface area contributed by atoms with Crippen molar-refractivity contribution in [2.75, 3.05) is 19.5 Å². The standard InChI is InChI=1S/C16H26NO3P/c1-3-5-12-19-21(18,20-13-6-4-2)15-17-14-16-10-8-7-9-11-16/h7-11,14H,3-6,12-13,15H2,1-2H3/b17-14+. The lowest BCUT2D eigenvalue weighted by Gasteiger charge is -2.16. The first-order valence-electron chi connectivity index (χ1n) is 7.63. The van der Waals surface area contributed by atoms with E-state index in [9.17, 15) is 4.57 Å². The Balaban J connectivity index is 2.54. The summed E-state index contributed by atoms with van der Waals surface area (Å²) in [6, 6.07) is 9.73. The molecule has 0 saturated carbocycles. The molecule has 1 aromatic carbocycles. The molecular weight excluding hydrogens is 285 g/mol. The molecule has 0 fully saturated rings. The van der Waals surface area contributed by atoms with Crippen LogP contribution < -0.4 is 0 Å². The molecule has 0 heterocycles. The predicted octanol–water partition coefficient (Wildman–Crippen LogP) is 4.89. The van der Waals surface area contributed by atoms with Crippen LogP contribution in [-0.4, -0.2) is 25.7 Å². The van der Waals surface area contributed by atoms with Crippen LogP contribution in [0.4, 0.5) is 0 Å². The monoisotopic (exact) mass is 311 g/mol. The van der Waals surface area contributed by atoms with E-state index in [4.69, 9.17) is 9.05 Å². The molecule has 1 aromatic rings. The average molecular weight is 311 g/mol. The number of aliphatic imine (C=N–C) groups is 1. The second-order valence-corrected chi connectivity index (χ2v) is 6.87. The van der Waals surface area contributed by atoms with Crippen molar-refractivity contribution in [2.45, 2.75) is 39.5 Å². The van der Waals surface area contributed by atoms with Crippen LogP contribution in [-0.2, 0) is 13.6 Å². The summed E-state index contributed by atoms with van der Waals surface area (Å²) in [5, 5.41) is 0. The van der Waals surface area contributed by atoms with E-state index in [0.717, 1.165) is 31.2 Å². The Morgan fingerprint density at radius 1 is 1.05 bits per heavy atom. The van der Waals surface area contributed by atoms with E-state index in [0.29, 0.717) is 13.2 Å². The van der Waals surface area contributed by atoms with Crippen LogP contribution in [0.25, 0.3) is 0 Å². The number of hydrogen-bond donors (Lipinski definition) is 0. The van der Waals surface area contributed by atoms with Gasteiger partial charge in [-0.05, 0) is 18.4 Å². The highest BCUT2D eigenvalue weighted by Crippen LogP contribution is 2.48. The van der Waals surface area contributed by atoms with Crippen molar-refractivity contribution in [3.63, 3.8) is 0 Å². The highest BCUT2D eigenvalue weighted by atomic mass is 31.2. The van der Waals surface area contributed by atoms with Crippen molar-refractivity contribution in [3.05, 3.63) is 35.9 Å². The van der Waals surface area contributed by atoms with Crippen molar-refractivity contribution in [1.29, 1.82) is 0 Å². The minimum Gasteiger partial charge on any atom is -0.307 e. The fourth-order valence-corrected chi connectivity index (χ4v) is 2.93. The molecule has 0 aliphatic carbocycles.